The summed E-state index contributed by atoms with van der Waals surface area (Å²) in [7, 11) is -3.54. The predicted molar refractivity (Wildman–Crippen MR) is 138 cm³/mol. The molecule has 0 spiro atoms. The van der Waals surface area contributed by atoms with Gasteiger partial charge >= 0.3 is 0 Å². The van der Waals surface area contributed by atoms with Gasteiger partial charge in [-0.15, -0.1) is 11.3 Å². The monoisotopic (exact) mass is 532 g/mol. The van der Waals surface area contributed by atoms with Crippen LogP contribution in [0.15, 0.2) is 29.2 Å². The molecule has 194 valence electrons. The molecule has 0 aliphatic carbocycles. The van der Waals surface area contributed by atoms with Gasteiger partial charge < -0.3 is 15.0 Å². The van der Waals surface area contributed by atoms with Crippen LogP contribution in [-0.4, -0.2) is 86.8 Å². The maximum atomic E-state index is 13.5. The standard InChI is InChI=1S/C25H32N4O5S2/c1-2-27-12-9-20-21(17-27)35-24(22(20)25(31)28-13-15-34-16-14-28)26-23(30)18-5-7-19(8-6-18)36(32,33)29-10-3-4-11-29/h5-8H,2-4,9-17H2,1H3,(H,26,30). The van der Waals surface area contributed by atoms with E-state index in [0.717, 1.165) is 49.3 Å². The Morgan fingerprint density at radius 1 is 1.03 bits per heavy atom. The lowest BCUT2D eigenvalue weighted by atomic mass is 10.0. The first-order valence-electron chi connectivity index (χ1n) is 12.5. The minimum Gasteiger partial charge on any atom is -0.378 e. The van der Waals surface area contributed by atoms with Crippen molar-refractivity contribution in [3.05, 3.63) is 45.8 Å². The molecule has 36 heavy (non-hydrogen) atoms. The first-order chi connectivity index (χ1) is 17.4. The molecule has 1 N–H and O–H groups in total. The van der Waals surface area contributed by atoms with Crippen LogP contribution in [-0.2, 0) is 27.7 Å². The molecule has 3 aliphatic heterocycles. The van der Waals surface area contributed by atoms with Gasteiger partial charge in [0.1, 0.15) is 5.00 Å². The van der Waals surface area contributed by atoms with Crippen molar-refractivity contribution in [1.82, 2.24) is 14.1 Å². The number of hydrogen-bond donors (Lipinski definition) is 1. The van der Waals surface area contributed by atoms with Crippen LogP contribution in [0.4, 0.5) is 5.00 Å². The maximum Gasteiger partial charge on any atom is 0.257 e. The third-order valence-corrected chi connectivity index (χ3v) is 10.2. The van der Waals surface area contributed by atoms with E-state index in [2.05, 4.69) is 17.1 Å². The number of likely N-dealkylation sites (N-methyl/N-ethyl adjacent to an activating group) is 1. The van der Waals surface area contributed by atoms with Crippen LogP contribution < -0.4 is 5.32 Å². The number of amides is 2. The molecular weight excluding hydrogens is 500 g/mol. The van der Waals surface area contributed by atoms with Gasteiger partial charge in [0.2, 0.25) is 10.0 Å². The number of fused-ring (bicyclic) bond motifs is 1. The highest BCUT2D eigenvalue weighted by Crippen LogP contribution is 2.38. The lowest BCUT2D eigenvalue weighted by molar-refractivity contribution is 0.0303. The molecule has 5 rings (SSSR count). The van der Waals surface area contributed by atoms with Crippen LogP contribution in [0.5, 0.6) is 0 Å². The smallest absolute Gasteiger partial charge is 0.257 e. The Morgan fingerprint density at radius 2 is 1.72 bits per heavy atom. The summed E-state index contributed by atoms with van der Waals surface area (Å²) in [5.41, 5.74) is 1.97. The van der Waals surface area contributed by atoms with Crippen LogP contribution in [0.2, 0.25) is 0 Å². The molecule has 0 radical (unpaired) electrons. The van der Waals surface area contributed by atoms with Gasteiger partial charge in [-0.2, -0.15) is 4.31 Å². The largest absolute Gasteiger partial charge is 0.378 e. The molecule has 0 unspecified atom stereocenters. The number of morpholine rings is 1. The number of sulfonamides is 1. The fourth-order valence-electron chi connectivity index (χ4n) is 5.00. The zero-order chi connectivity index (χ0) is 25.3. The molecule has 2 amide bonds. The lowest BCUT2D eigenvalue weighted by Gasteiger charge is -2.29. The van der Waals surface area contributed by atoms with Crippen molar-refractivity contribution in [2.75, 3.05) is 57.8 Å². The van der Waals surface area contributed by atoms with E-state index in [1.807, 2.05) is 0 Å². The summed E-state index contributed by atoms with van der Waals surface area (Å²) in [4.78, 5) is 32.2. The summed E-state index contributed by atoms with van der Waals surface area (Å²) in [5.74, 6) is -0.426. The summed E-state index contributed by atoms with van der Waals surface area (Å²) in [6.07, 6.45) is 2.50. The molecule has 0 atom stereocenters. The summed E-state index contributed by atoms with van der Waals surface area (Å²) in [5, 5.41) is 3.54. The van der Waals surface area contributed by atoms with Gasteiger partial charge in [-0.3, -0.25) is 14.5 Å². The number of hydrogen-bond acceptors (Lipinski definition) is 7. The molecular formula is C25H32N4O5S2. The van der Waals surface area contributed by atoms with Crippen molar-refractivity contribution in [2.24, 2.45) is 0 Å². The first-order valence-corrected chi connectivity index (χ1v) is 14.8. The van der Waals surface area contributed by atoms with Crippen molar-refractivity contribution in [1.29, 1.82) is 0 Å². The van der Waals surface area contributed by atoms with Gasteiger partial charge in [-0.1, -0.05) is 6.92 Å². The molecule has 2 aromatic rings. The molecule has 0 bridgehead atoms. The number of ether oxygens (including phenoxy) is 1. The van der Waals surface area contributed by atoms with Gasteiger partial charge in [0.25, 0.3) is 11.8 Å². The van der Waals surface area contributed by atoms with Crippen LogP contribution >= 0.6 is 11.3 Å². The predicted octanol–water partition coefficient (Wildman–Crippen LogP) is 2.64. The Bertz CT molecular complexity index is 1230. The number of nitrogens with one attached hydrogen (secondary N) is 1. The Morgan fingerprint density at radius 3 is 2.39 bits per heavy atom. The van der Waals surface area contributed by atoms with E-state index in [-0.39, 0.29) is 16.7 Å². The summed E-state index contributed by atoms with van der Waals surface area (Å²) >= 11 is 1.47. The summed E-state index contributed by atoms with van der Waals surface area (Å²) in [6.45, 7) is 7.84. The highest BCUT2D eigenvalue weighted by atomic mass is 32.2. The number of thiophene rings is 1. The van der Waals surface area contributed by atoms with E-state index in [1.165, 1.54) is 39.9 Å². The second-order valence-electron chi connectivity index (χ2n) is 9.32. The van der Waals surface area contributed by atoms with Crippen molar-refractivity contribution in [2.45, 2.75) is 37.6 Å². The van der Waals surface area contributed by atoms with Crippen LogP contribution in [0.1, 0.15) is 50.9 Å². The lowest BCUT2D eigenvalue weighted by Crippen LogP contribution is -2.41. The summed E-state index contributed by atoms with van der Waals surface area (Å²) < 4.78 is 32.5. The first kappa shape index (κ1) is 25.3. The zero-order valence-electron chi connectivity index (χ0n) is 20.5. The topological polar surface area (TPSA) is 99.3 Å². The van der Waals surface area contributed by atoms with Crippen molar-refractivity contribution >= 4 is 38.2 Å². The van der Waals surface area contributed by atoms with Gasteiger partial charge in [0.05, 0.1) is 23.7 Å². The maximum absolute atomic E-state index is 13.5. The van der Waals surface area contributed by atoms with Gasteiger partial charge in [-0.25, -0.2) is 8.42 Å². The van der Waals surface area contributed by atoms with Gasteiger partial charge in [0, 0.05) is 49.7 Å². The van der Waals surface area contributed by atoms with E-state index in [1.54, 1.807) is 4.90 Å². The average Bonchev–Trinajstić information content (AvgIpc) is 3.57. The molecule has 1 aromatic heterocycles. The number of benzene rings is 1. The molecule has 9 nitrogen and oxygen atoms in total. The highest BCUT2D eigenvalue weighted by molar-refractivity contribution is 7.89. The Labute approximate surface area is 216 Å². The molecule has 2 fully saturated rings. The number of rotatable bonds is 6. The third-order valence-electron chi connectivity index (χ3n) is 7.14. The fraction of sp³-hybridized carbons (Fsp3) is 0.520. The average molecular weight is 533 g/mol. The van der Waals surface area contributed by atoms with Gasteiger partial charge in [0.15, 0.2) is 0 Å². The normalized spacial score (nSPS) is 19.3. The number of anilines is 1. The molecule has 2 saturated heterocycles. The quantitative estimate of drug-likeness (QED) is 0.614. The van der Waals surface area contributed by atoms with Crippen LogP contribution in [0.3, 0.4) is 0 Å². The van der Waals surface area contributed by atoms with Crippen LogP contribution in [0.25, 0.3) is 0 Å². The highest BCUT2D eigenvalue weighted by Gasteiger charge is 2.32. The number of carbonyl (C=O) groups is 2. The SMILES string of the molecule is CCN1CCc2c(sc(NC(=O)c3ccc(S(=O)(=O)N4CCCC4)cc3)c2C(=O)N2CCOCC2)C1. The van der Waals surface area contributed by atoms with Crippen molar-refractivity contribution < 1.29 is 22.7 Å². The zero-order valence-corrected chi connectivity index (χ0v) is 22.1. The fourth-order valence-corrected chi connectivity index (χ4v) is 7.79. The van der Waals surface area contributed by atoms with E-state index in [0.29, 0.717) is 55.5 Å². The van der Waals surface area contributed by atoms with E-state index in [4.69, 9.17) is 4.74 Å². The minimum absolute atomic E-state index is 0.0666. The number of nitrogens with zero attached hydrogens (tertiary/aromatic N) is 3. The van der Waals surface area contributed by atoms with E-state index in [9.17, 15) is 18.0 Å². The van der Waals surface area contributed by atoms with Gasteiger partial charge in [-0.05, 0) is 55.6 Å². The Kier molecular flexibility index (Phi) is 7.45. The van der Waals surface area contributed by atoms with E-state index >= 15 is 0 Å². The van der Waals surface area contributed by atoms with Crippen LogP contribution in [0, 0.1) is 0 Å². The molecule has 4 heterocycles. The number of carbonyl (C=O) groups excluding carboxylic acids is 2. The second kappa shape index (κ2) is 10.6. The van der Waals surface area contributed by atoms with E-state index < -0.39 is 10.0 Å². The molecule has 11 heteroatoms. The third kappa shape index (κ3) is 4.95. The van der Waals surface area contributed by atoms with Crippen molar-refractivity contribution in [3.63, 3.8) is 0 Å². The molecule has 0 saturated carbocycles. The molecule has 3 aliphatic rings. The summed E-state index contributed by atoms with van der Waals surface area (Å²) in [6, 6.07) is 6.05. The minimum atomic E-state index is -3.54. The van der Waals surface area contributed by atoms with Crippen molar-refractivity contribution in [3.8, 4) is 0 Å². The Hall–Kier alpha value is -2.31. The second-order valence-corrected chi connectivity index (χ2v) is 12.4. The Balaban J connectivity index is 1.39. The molecule has 1 aromatic carbocycles.